The van der Waals surface area contributed by atoms with E-state index in [1.54, 1.807) is 7.11 Å². The van der Waals surface area contributed by atoms with Gasteiger partial charge in [-0.15, -0.1) is 0 Å². The van der Waals surface area contributed by atoms with Crippen LogP contribution in [0.5, 0.6) is 11.5 Å². The smallest absolute Gasteiger partial charge is 0.123 e. The molecule has 0 aromatic heterocycles. The molecule has 2 aliphatic rings. The van der Waals surface area contributed by atoms with Crippen molar-refractivity contribution in [2.45, 2.75) is 38.3 Å². The Morgan fingerprint density at radius 1 is 1.18 bits per heavy atom. The van der Waals surface area contributed by atoms with Crippen LogP contribution in [0.1, 0.15) is 26.2 Å². The summed E-state index contributed by atoms with van der Waals surface area (Å²) in [6.45, 7) is 7.83. The first-order valence-electron chi connectivity index (χ1n) is 8.51. The highest BCUT2D eigenvalue weighted by molar-refractivity contribution is 5.32. The summed E-state index contributed by atoms with van der Waals surface area (Å²) in [5.74, 6) is 1.74. The Bertz CT molecular complexity index is 474. The number of hydrogen-bond acceptors (Lipinski definition) is 4. The largest absolute Gasteiger partial charge is 0.497 e. The fraction of sp³-hybridized carbons (Fsp3) is 0.667. The molecule has 122 valence electrons. The zero-order valence-corrected chi connectivity index (χ0v) is 13.8. The van der Waals surface area contributed by atoms with Crippen molar-refractivity contribution in [3.05, 3.63) is 24.3 Å². The van der Waals surface area contributed by atoms with Crippen molar-refractivity contribution in [1.82, 2.24) is 9.80 Å². The van der Waals surface area contributed by atoms with E-state index in [1.165, 1.54) is 38.9 Å². The van der Waals surface area contributed by atoms with Gasteiger partial charge in [0.15, 0.2) is 0 Å². The molecule has 0 bridgehead atoms. The molecule has 4 nitrogen and oxygen atoms in total. The van der Waals surface area contributed by atoms with Crippen molar-refractivity contribution in [2.24, 2.45) is 0 Å². The number of rotatable bonds is 6. The van der Waals surface area contributed by atoms with Gasteiger partial charge in [-0.05, 0) is 38.4 Å². The standard InChI is InChI=1S/C18H28N2O2/c1-15-6-3-4-9-20(15)16-13-19(14-16)10-11-22-18-8-5-7-17(12-18)21-2/h5,7-8,12,15-16H,3-4,6,9-11,13-14H2,1-2H3/t15-/m0/s1. The summed E-state index contributed by atoms with van der Waals surface area (Å²) in [5, 5.41) is 0. The van der Waals surface area contributed by atoms with Gasteiger partial charge in [0, 0.05) is 37.8 Å². The topological polar surface area (TPSA) is 24.9 Å². The van der Waals surface area contributed by atoms with E-state index in [9.17, 15) is 0 Å². The summed E-state index contributed by atoms with van der Waals surface area (Å²) >= 11 is 0. The van der Waals surface area contributed by atoms with Gasteiger partial charge in [0.1, 0.15) is 18.1 Å². The molecule has 2 saturated heterocycles. The number of piperidine rings is 1. The molecular weight excluding hydrogens is 276 g/mol. The van der Waals surface area contributed by atoms with Crippen molar-refractivity contribution < 1.29 is 9.47 Å². The fourth-order valence-electron chi connectivity index (χ4n) is 3.58. The summed E-state index contributed by atoms with van der Waals surface area (Å²) in [6.07, 6.45) is 4.15. The number of ether oxygens (including phenoxy) is 2. The molecule has 1 atom stereocenters. The number of benzene rings is 1. The minimum Gasteiger partial charge on any atom is -0.497 e. The molecule has 1 aromatic carbocycles. The molecule has 2 fully saturated rings. The van der Waals surface area contributed by atoms with Crippen molar-refractivity contribution >= 4 is 0 Å². The van der Waals surface area contributed by atoms with Crippen LogP contribution in [-0.2, 0) is 0 Å². The summed E-state index contributed by atoms with van der Waals surface area (Å²) in [4.78, 5) is 5.20. The zero-order chi connectivity index (χ0) is 15.4. The molecule has 1 aromatic rings. The molecule has 0 spiro atoms. The average Bonchev–Trinajstić information content (AvgIpc) is 2.51. The van der Waals surface area contributed by atoms with E-state index in [-0.39, 0.29) is 0 Å². The van der Waals surface area contributed by atoms with Crippen LogP contribution < -0.4 is 9.47 Å². The lowest BCUT2D eigenvalue weighted by atomic mass is 9.97. The van der Waals surface area contributed by atoms with E-state index in [2.05, 4.69) is 16.7 Å². The molecule has 3 rings (SSSR count). The van der Waals surface area contributed by atoms with Crippen molar-refractivity contribution in [3.63, 3.8) is 0 Å². The van der Waals surface area contributed by atoms with Crippen LogP contribution in [0.3, 0.4) is 0 Å². The van der Waals surface area contributed by atoms with E-state index < -0.39 is 0 Å². The first-order chi connectivity index (χ1) is 10.8. The van der Waals surface area contributed by atoms with Gasteiger partial charge in [0.25, 0.3) is 0 Å². The Balaban J connectivity index is 1.36. The first-order valence-corrected chi connectivity index (χ1v) is 8.51. The molecule has 4 heteroatoms. The predicted octanol–water partition coefficient (Wildman–Crippen LogP) is 2.63. The number of methoxy groups -OCH3 is 1. The second-order valence-corrected chi connectivity index (χ2v) is 6.52. The second kappa shape index (κ2) is 7.34. The monoisotopic (exact) mass is 304 g/mol. The van der Waals surface area contributed by atoms with Crippen LogP contribution in [0.2, 0.25) is 0 Å². The van der Waals surface area contributed by atoms with Crippen molar-refractivity contribution in [1.29, 1.82) is 0 Å². The normalized spacial score (nSPS) is 24.0. The predicted molar refractivity (Wildman–Crippen MR) is 88.7 cm³/mol. The number of nitrogens with zero attached hydrogens (tertiary/aromatic N) is 2. The van der Waals surface area contributed by atoms with Crippen LogP contribution in [0.15, 0.2) is 24.3 Å². The van der Waals surface area contributed by atoms with E-state index in [1.807, 2.05) is 24.3 Å². The van der Waals surface area contributed by atoms with Gasteiger partial charge in [-0.1, -0.05) is 12.5 Å². The Morgan fingerprint density at radius 2 is 2.00 bits per heavy atom. The van der Waals surface area contributed by atoms with Crippen LogP contribution in [0.4, 0.5) is 0 Å². The van der Waals surface area contributed by atoms with Gasteiger partial charge in [-0.25, -0.2) is 0 Å². The van der Waals surface area contributed by atoms with Gasteiger partial charge < -0.3 is 9.47 Å². The molecule has 0 unspecified atom stereocenters. The molecule has 0 saturated carbocycles. The SMILES string of the molecule is COc1cccc(OCCN2CC(N3CCCC[C@@H]3C)C2)c1. The molecule has 0 aliphatic carbocycles. The quantitative estimate of drug-likeness (QED) is 0.806. The summed E-state index contributed by atoms with van der Waals surface area (Å²) in [5.41, 5.74) is 0. The number of hydrogen-bond donors (Lipinski definition) is 0. The van der Waals surface area contributed by atoms with Gasteiger partial charge in [-0.2, -0.15) is 0 Å². The van der Waals surface area contributed by atoms with E-state index in [0.29, 0.717) is 0 Å². The third-order valence-electron chi connectivity index (χ3n) is 4.98. The van der Waals surface area contributed by atoms with Crippen molar-refractivity contribution in [3.8, 4) is 11.5 Å². The minimum atomic E-state index is 0.745. The Hall–Kier alpha value is -1.26. The summed E-state index contributed by atoms with van der Waals surface area (Å²) in [7, 11) is 1.68. The van der Waals surface area contributed by atoms with Crippen LogP contribution in [0.25, 0.3) is 0 Å². The van der Waals surface area contributed by atoms with Gasteiger partial charge in [0.05, 0.1) is 7.11 Å². The highest BCUT2D eigenvalue weighted by Gasteiger charge is 2.34. The van der Waals surface area contributed by atoms with Gasteiger partial charge in [0.2, 0.25) is 0 Å². The Kier molecular flexibility index (Phi) is 5.21. The third kappa shape index (κ3) is 3.73. The van der Waals surface area contributed by atoms with Gasteiger partial charge in [-0.3, -0.25) is 9.80 Å². The minimum absolute atomic E-state index is 0.745. The second-order valence-electron chi connectivity index (χ2n) is 6.52. The maximum Gasteiger partial charge on any atom is 0.123 e. The molecule has 0 N–H and O–H groups in total. The highest BCUT2D eigenvalue weighted by Crippen LogP contribution is 2.24. The zero-order valence-electron chi connectivity index (χ0n) is 13.8. The average molecular weight is 304 g/mol. The number of likely N-dealkylation sites (tertiary alicyclic amines) is 2. The van der Waals surface area contributed by atoms with Crippen LogP contribution in [0, 0.1) is 0 Å². The molecule has 2 heterocycles. The Labute approximate surface area is 134 Å². The summed E-state index contributed by atoms with van der Waals surface area (Å²) < 4.78 is 11.0. The molecule has 0 amide bonds. The van der Waals surface area contributed by atoms with E-state index in [0.717, 1.165) is 36.7 Å². The third-order valence-corrected chi connectivity index (χ3v) is 4.98. The molecule has 0 radical (unpaired) electrons. The maximum absolute atomic E-state index is 5.82. The highest BCUT2D eigenvalue weighted by atomic mass is 16.5. The molecule has 22 heavy (non-hydrogen) atoms. The fourth-order valence-corrected chi connectivity index (χ4v) is 3.58. The lowest BCUT2D eigenvalue weighted by Gasteiger charge is -2.49. The lowest BCUT2D eigenvalue weighted by molar-refractivity contribution is -0.00692. The van der Waals surface area contributed by atoms with Crippen LogP contribution >= 0.6 is 0 Å². The van der Waals surface area contributed by atoms with E-state index in [4.69, 9.17) is 9.47 Å². The van der Waals surface area contributed by atoms with E-state index >= 15 is 0 Å². The van der Waals surface area contributed by atoms with Crippen LogP contribution in [-0.4, -0.2) is 61.8 Å². The van der Waals surface area contributed by atoms with Gasteiger partial charge >= 0.3 is 0 Å². The Morgan fingerprint density at radius 3 is 2.77 bits per heavy atom. The molecule has 2 aliphatic heterocycles. The summed E-state index contributed by atoms with van der Waals surface area (Å²) in [6, 6.07) is 9.37. The maximum atomic E-state index is 5.82. The molecular formula is C18H28N2O2. The van der Waals surface area contributed by atoms with Crippen molar-refractivity contribution in [2.75, 3.05) is 39.9 Å². The lowest BCUT2D eigenvalue weighted by Crippen LogP contribution is -2.62. The first kappa shape index (κ1) is 15.6.